The van der Waals surface area contributed by atoms with Crippen LogP contribution >= 0.6 is 0 Å². The van der Waals surface area contributed by atoms with Crippen LogP contribution < -0.4 is 0 Å². The first-order valence-corrected chi connectivity index (χ1v) is 18.8. The Labute approximate surface area is 294 Å². The standard InChI is InChI=1S/C46H29N3Se/c1-46(2)37-12-6-3-11-34(37)44-38(46)20-19-33-30-9-4-8-14-40(30)49(45(33)44)29-16-18-32-36-24-28(17-22-42(36)50-43(32)25-29)48-39-13-7-5-10-31(39)35-23-27(26-47)15-21-41(35)48/h3-25H,1-2H3. The summed E-state index contributed by atoms with van der Waals surface area (Å²) >= 11 is 0.191. The van der Waals surface area contributed by atoms with E-state index in [1.165, 1.54) is 69.0 Å². The number of hydrogen-bond acceptors (Lipinski definition) is 1. The summed E-state index contributed by atoms with van der Waals surface area (Å²) in [4.78, 5) is 0. The first-order chi connectivity index (χ1) is 24.5. The molecule has 0 bridgehead atoms. The SMILES string of the molecule is CC1(C)c2ccccc2-c2c1ccc1c3ccccc3n(-c3ccc4c(c3)[se]c3ccc(-n5c6ccccc6c6cc(C#N)ccc65)cc34)c21. The van der Waals surface area contributed by atoms with Crippen LogP contribution in [0.2, 0.25) is 0 Å². The number of nitrogens with zero attached hydrogens (tertiary/aromatic N) is 3. The molecule has 0 spiro atoms. The molecule has 3 aromatic heterocycles. The van der Waals surface area contributed by atoms with Gasteiger partial charge in [0.05, 0.1) is 0 Å². The molecule has 0 saturated heterocycles. The van der Waals surface area contributed by atoms with Crippen molar-refractivity contribution in [1.29, 1.82) is 5.26 Å². The molecule has 0 radical (unpaired) electrons. The average molecular weight is 703 g/mol. The van der Waals surface area contributed by atoms with Crippen LogP contribution in [0.25, 0.3) is 85.4 Å². The van der Waals surface area contributed by atoms with E-state index in [1.807, 2.05) is 12.1 Å². The van der Waals surface area contributed by atoms with Gasteiger partial charge in [0.1, 0.15) is 0 Å². The zero-order chi connectivity index (χ0) is 33.3. The second-order valence-corrected chi connectivity index (χ2v) is 16.3. The summed E-state index contributed by atoms with van der Waals surface area (Å²) in [5.74, 6) is 0. The van der Waals surface area contributed by atoms with Crippen LogP contribution in [-0.2, 0) is 5.41 Å². The Bertz CT molecular complexity index is 3140. The summed E-state index contributed by atoms with van der Waals surface area (Å²) < 4.78 is 7.71. The predicted molar refractivity (Wildman–Crippen MR) is 209 cm³/mol. The Morgan fingerprint density at radius 1 is 0.520 bits per heavy atom. The Hall–Kier alpha value is -5.85. The molecule has 0 amide bonds. The monoisotopic (exact) mass is 703 g/mol. The summed E-state index contributed by atoms with van der Waals surface area (Å²) in [7, 11) is 0. The van der Waals surface area contributed by atoms with Gasteiger partial charge in [-0.25, -0.2) is 0 Å². The van der Waals surface area contributed by atoms with Gasteiger partial charge >= 0.3 is 296 Å². The van der Waals surface area contributed by atoms with E-state index in [0.717, 1.165) is 27.5 Å². The first-order valence-electron chi connectivity index (χ1n) is 17.1. The second kappa shape index (κ2) is 9.87. The number of benzene rings is 7. The number of fused-ring (bicyclic) bond motifs is 13. The van der Waals surface area contributed by atoms with Gasteiger partial charge in [0, 0.05) is 0 Å². The molecule has 1 aliphatic rings. The summed E-state index contributed by atoms with van der Waals surface area (Å²) in [6.07, 6.45) is 0. The third-order valence-electron chi connectivity index (χ3n) is 11.1. The van der Waals surface area contributed by atoms with Crippen molar-refractivity contribution in [2.45, 2.75) is 19.3 Å². The fourth-order valence-electron chi connectivity index (χ4n) is 8.86. The molecule has 0 N–H and O–H groups in total. The Balaban J connectivity index is 1.15. The predicted octanol–water partition coefficient (Wildman–Crippen LogP) is 11.4. The summed E-state index contributed by atoms with van der Waals surface area (Å²) in [5.41, 5.74) is 13.3. The van der Waals surface area contributed by atoms with Crippen molar-refractivity contribution >= 4 is 77.4 Å². The molecule has 0 fully saturated rings. The van der Waals surface area contributed by atoms with Gasteiger partial charge in [-0.3, -0.25) is 0 Å². The van der Waals surface area contributed by atoms with Crippen LogP contribution in [0.3, 0.4) is 0 Å². The van der Waals surface area contributed by atoms with Crippen LogP contribution in [0, 0.1) is 11.3 Å². The van der Waals surface area contributed by atoms with Crippen LogP contribution in [0.4, 0.5) is 0 Å². The number of para-hydroxylation sites is 2. The van der Waals surface area contributed by atoms with Gasteiger partial charge in [-0.2, -0.15) is 0 Å². The van der Waals surface area contributed by atoms with Crippen molar-refractivity contribution in [1.82, 2.24) is 9.13 Å². The Kier molecular flexibility index (Phi) is 5.53. The molecular formula is C46H29N3Se. The van der Waals surface area contributed by atoms with Crippen LogP contribution in [0.5, 0.6) is 0 Å². The molecule has 1 aliphatic carbocycles. The van der Waals surface area contributed by atoms with Gasteiger partial charge in [-0.15, -0.1) is 0 Å². The molecule has 234 valence electrons. The summed E-state index contributed by atoms with van der Waals surface area (Å²) in [5, 5.41) is 17.1. The van der Waals surface area contributed by atoms with Crippen molar-refractivity contribution in [2.75, 3.05) is 0 Å². The van der Waals surface area contributed by atoms with Crippen molar-refractivity contribution in [3.63, 3.8) is 0 Å². The Morgan fingerprint density at radius 2 is 1.20 bits per heavy atom. The van der Waals surface area contributed by atoms with Gasteiger partial charge in [0.15, 0.2) is 0 Å². The molecule has 3 heterocycles. The topological polar surface area (TPSA) is 33.6 Å². The summed E-state index contributed by atoms with van der Waals surface area (Å²) in [6.45, 7) is 4.73. The van der Waals surface area contributed by atoms with E-state index in [4.69, 9.17) is 0 Å². The average Bonchev–Trinajstić information content (AvgIpc) is 3.86. The van der Waals surface area contributed by atoms with E-state index in [1.54, 1.807) is 0 Å². The molecule has 0 aliphatic heterocycles. The van der Waals surface area contributed by atoms with Crippen LogP contribution in [-0.4, -0.2) is 23.6 Å². The van der Waals surface area contributed by atoms with Gasteiger partial charge < -0.3 is 0 Å². The minimum absolute atomic E-state index is 0.0593. The van der Waals surface area contributed by atoms with E-state index in [9.17, 15) is 5.26 Å². The molecule has 11 rings (SSSR count). The molecule has 3 nitrogen and oxygen atoms in total. The minimum atomic E-state index is -0.0593. The van der Waals surface area contributed by atoms with E-state index in [-0.39, 0.29) is 19.9 Å². The third kappa shape index (κ3) is 3.58. The third-order valence-corrected chi connectivity index (χ3v) is 13.5. The normalized spacial score (nSPS) is 13.5. The number of hydrogen-bond donors (Lipinski definition) is 0. The van der Waals surface area contributed by atoms with Crippen molar-refractivity contribution in [3.8, 4) is 28.6 Å². The fraction of sp³-hybridized carbons (Fsp3) is 0.0652. The first kappa shape index (κ1) is 28.0. The zero-order valence-corrected chi connectivity index (χ0v) is 29.2. The van der Waals surface area contributed by atoms with E-state index < -0.39 is 0 Å². The van der Waals surface area contributed by atoms with Crippen molar-refractivity contribution in [3.05, 3.63) is 156 Å². The molecule has 0 saturated carbocycles. The zero-order valence-electron chi connectivity index (χ0n) is 27.5. The van der Waals surface area contributed by atoms with Gasteiger partial charge in [-0.1, -0.05) is 0 Å². The van der Waals surface area contributed by atoms with Crippen molar-refractivity contribution in [2.24, 2.45) is 0 Å². The van der Waals surface area contributed by atoms with Gasteiger partial charge in [0.25, 0.3) is 0 Å². The quantitative estimate of drug-likeness (QED) is 0.165. The number of rotatable bonds is 2. The van der Waals surface area contributed by atoms with E-state index >= 15 is 0 Å². The number of nitriles is 1. The number of aromatic nitrogens is 2. The van der Waals surface area contributed by atoms with Crippen molar-refractivity contribution < 1.29 is 0 Å². The van der Waals surface area contributed by atoms with Gasteiger partial charge in [0.2, 0.25) is 0 Å². The second-order valence-electron chi connectivity index (χ2n) is 14.1. The molecule has 0 atom stereocenters. The van der Waals surface area contributed by atoms with E-state index in [0.29, 0.717) is 5.56 Å². The van der Waals surface area contributed by atoms with Crippen LogP contribution in [0.15, 0.2) is 140 Å². The molecule has 4 heteroatoms. The molecule has 50 heavy (non-hydrogen) atoms. The summed E-state index contributed by atoms with van der Waals surface area (Å²) in [6, 6.07) is 53.6. The molecule has 10 aromatic rings. The molecule has 0 unspecified atom stereocenters. The fourth-order valence-corrected chi connectivity index (χ4v) is 11.2. The Morgan fingerprint density at radius 3 is 2.04 bits per heavy atom. The van der Waals surface area contributed by atoms with E-state index in [2.05, 4.69) is 156 Å². The van der Waals surface area contributed by atoms with Gasteiger partial charge in [-0.05, 0) is 0 Å². The maximum absolute atomic E-state index is 9.62. The molecular weight excluding hydrogens is 673 g/mol. The maximum atomic E-state index is 9.62. The van der Waals surface area contributed by atoms with Crippen LogP contribution in [0.1, 0.15) is 30.5 Å². The molecule has 7 aromatic carbocycles.